The van der Waals surface area contributed by atoms with Gasteiger partial charge < -0.3 is 9.15 Å². The second kappa shape index (κ2) is 7.53. The summed E-state index contributed by atoms with van der Waals surface area (Å²) in [4.78, 5) is 18.8. The number of rotatable bonds is 5. The lowest BCUT2D eigenvalue weighted by Gasteiger charge is -2.31. The van der Waals surface area contributed by atoms with Crippen LogP contribution in [-0.2, 0) is 6.54 Å². The van der Waals surface area contributed by atoms with E-state index >= 15 is 0 Å². The van der Waals surface area contributed by atoms with Crippen molar-refractivity contribution in [2.75, 3.05) is 20.2 Å². The van der Waals surface area contributed by atoms with Crippen molar-refractivity contribution in [3.05, 3.63) is 59.5 Å². The number of carbonyl (C=O) groups is 1. The molecule has 0 bridgehead atoms. The fourth-order valence-corrected chi connectivity index (χ4v) is 3.76. The van der Waals surface area contributed by atoms with Gasteiger partial charge in [0.25, 0.3) is 0 Å². The molecule has 1 aliphatic heterocycles. The summed E-state index contributed by atoms with van der Waals surface area (Å²) >= 11 is 0. The maximum atomic E-state index is 11.7. The highest BCUT2D eigenvalue weighted by Crippen LogP contribution is 2.31. The topological polar surface area (TPSA) is 55.6 Å². The number of piperidine rings is 1. The Morgan fingerprint density at radius 3 is 2.70 bits per heavy atom. The van der Waals surface area contributed by atoms with Crippen LogP contribution < -0.4 is 4.74 Å². The minimum atomic E-state index is 0.0774. The van der Waals surface area contributed by atoms with Gasteiger partial charge in [0, 0.05) is 23.6 Å². The van der Waals surface area contributed by atoms with Gasteiger partial charge in [-0.3, -0.25) is 9.69 Å². The number of Topliss-reactive ketones (excluding diaryl/α,β-unsaturated/α-hetero) is 1. The van der Waals surface area contributed by atoms with Gasteiger partial charge >= 0.3 is 0 Å². The Hall–Kier alpha value is -2.66. The first-order valence-corrected chi connectivity index (χ1v) is 9.39. The molecule has 1 fully saturated rings. The van der Waals surface area contributed by atoms with Gasteiger partial charge in [-0.1, -0.05) is 12.1 Å². The highest BCUT2D eigenvalue weighted by molar-refractivity contribution is 5.94. The van der Waals surface area contributed by atoms with E-state index in [0.29, 0.717) is 5.92 Å². The molecule has 27 heavy (non-hydrogen) atoms. The maximum Gasteiger partial charge on any atom is 0.198 e. The van der Waals surface area contributed by atoms with Crippen LogP contribution in [-0.4, -0.2) is 35.9 Å². The van der Waals surface area contributed by atoms with Crippen molar-refractivity contribution in [2.45, 2.75) is 32.2 Å². The molecule has 5 heteroatoms. The van der Waals surface area contributed by atoms with Gasteiger partial charge in [-0.2, -0.15) is 0 Å². The number of hydrogen-bond donors (Lipinski definition) is 0. The highest BCUT2D eigenvalue weighted by atomic mass is 16.5. The fraction of sp³-hybridized carbons (Fsp3) is 0.364. The van der Waals surface area contributed by atoms with E-state index in [4.69, 9.17) is 9.15 Å². The summed E-state index contributed by atoms with van der Waals surface area (Å²) in [6, 6.07) is 13.6. The predicted octanol–water partition coefficient (Wildman–Crippen LogP) is 4.42. The van der Waals surface area contributed by atoms with E-state index in [2.05, 4.69) is 9.88 Å². The fourth-order valence-electron chi connectivity index (χ4n) is 3.76. The number of ether oxygens (including phenoxy) is 1. The average molecular weight is 364 g/mol. The monoisotopic (exact) mass is 364 g/mol. The largest absolute Gasteiger partial charge is 0.496 e. The van der Waals surface area contributed by atoms with Crippen LogP contribution in [0.1, 0.15) is 47.5 Å². The van der Waals surface area contributed by atoms with E-state index in [1.54, 1.807) is 14.0 Å². The van der Waals surface area contributed by atoms with Gasteiger partial charge in [0.1, 0.15) is 11.3 Å². The number of benzene rings is 2. The van der Waals surface area contributed by atoms with Crippen LogP contribution in [0.2, 0.25) is 0 Å². The zero-order valence-corrected chi connectivity index (χ0v) is 15.8. The van der Waals surface area contributed by atoms with Crippen molar-refractivity contribution in [3.8, 4) is 5.75 Å². The molecule has 2 heterocycles. The quantitative estimate of drug-likeness (QED) is 0.627. The average Bonchev–Trinajstić information content (AvgIpc) is 3.12. The number of methoxy groups -OCH3 is 1. The SMILES string of the molecule is COc1ccc(C(C)=O)cc1CN1CCC(c2nc3ccccc3o2)CC1. The Balaban J connectivity index is 1.43. The van der Waals surface area contributed by atoms with E-state index < -0.39 is 0 Å². The van der Waals surface area contributed by atoms with Gasteiger partial charge in [-0.05, 0) is 63.2 Å². The molecule has 3 aromatic rings. The number of aromatic nitrogens is 1. The van der Waals surface area contributed by atoms with E-state index in [1.165, 1.54) is 0 Å². The third-order valence-electron chi connectivity index (χ3n) is 5.33. The standard InChI is InChI=1S/C22H24N2O3/c1-15(25)17-7-8-20(26-2)18(13-17)14-24-11-9-16(10-12-24)22-23-19-5-3-4-6-21(19)27-22/h3-8,13,16H,9-12,14H2,1-2H3. The Morgan fingerprint density at radius 2 is 2.00 bits per heavy atom. The maximum absolute atomic E-state index is 11.7. The highest BCUT2D eigenvalue weighted by Gasteiger charge is 2.25. The number of likely N-dealkylation sites (tertiary alicyclic amines) is 1. The first-order valence-electron chi connectivity index (χ1n) is 9.39. The lowest BCUT2D eigenvalue weighted by molar-refractivity contribution is 0.101. The van der Waals surface area contributed by atoms with Crippen LogP contribution in [0.4, 0.5) is 0 Å². The molecular formula is C22H24N2O3. The van der Waals surface area contributed by atoms with Crippen LogP contribution in [0.25, 0.3) is 11.1 Å². The minimum Gasteiger partial charge on any atom is -0.496 e. The molecule has 0 saturated carbocycles. The predicted molar refractivity (Wildman–Crippen MR) is 104 cm³/mol. The third-order valence-corrected chi connectivity index (χ3v) is 5.33. The summed E-state index contributed by atoms with van der Waals surface area (Å²) in [6.07, 6.45) is 2.03. The Morgan fingerprint density at radius 1 is 1.22 bits per heavy atom. The lowest BCUT2D eigenvalue weighted by atomic mass is 9.96. The molecule has 0 spiro atoms. The smallest absolute Gasteiger partial charge is 0.198 e. The number of para-hydroxylation sites is 2. The molecule has 0 amide bonds. The molecule has 0 N–H and O–H groups in total. The summed E-state index contributed by atoms with van der Waals surface area (Å²) in [7, 11) is 1.67. The molecule has 0 unspecified atom stereocenters. The minimum absolute atomic E-state index is 0.0774. The van der Waals surface area contributed by atoms with Gasteiger partial charge in [-0.25, -0.2) is 4.98 Å². The number of oxazole rings is 1. The first kappa shape index (κ1) is 17.7. The molecule has 4 rings (SSSR count). The zero-order valence-electron chi connectivity index (χ0n) is 15.8. The Labute approximate surface area is 158 Å². The van der Waals surface area contributed by atoms with Crippen LogP contribution in [0.3, 0.4) is 0 Å². The molecule has 0 aliphatic carbocycles. The van der Waals surface area contributed by atoms with Gasteiger partial charge in [0.2, 0.25) is 0 Å². The zero-order chi connectivity index (χ0) is 18.8. The van der Waals surface area contributed by atoms with E-state index in [0.717, 1.165) is 66.3 Å². The van der Waals surface area contributed by atoms with Crippen LogP contribution in [0.15, 0.2) is 46.9 Å². The number of carbonyl (C=O) groups excluding carboxylic acids is 1. The van der Waals surface area contributed by atoms with Crippen LogP contribution >= 0.6 is 0 Å². The summed E-state index contributed by atoms with van der Waals surface area (Å²) in [5.74, 6) is 2.13. The van der Waals surface area contributed by atoms with Crippen molar-refractivity contribution >= 4 is 16.9 Å². The van der Waals surface area contributed by atoms with Gasteiger partial charge in [0.15, 0.2) is 17.3 Å². The van der Waals surface area contributed by atoms with E-state index in [-0.39, 0.29) is 5.78 Å². The molecular weight excluding hydrogens is 340 g/mol. The second-order valence-corrected chi connectivity index (χ2v) is 7.15. The Bertz CT molecular complexity index is 922. The number of hydrogen-bond acceptors (Lipinski definition) is 5. The summed E-state index contributed by atoms with van der Waals surface area (Å²) in [5.41, 5.74) is 3.58. The van der Waals surface area contributed by atoms with Gasteiger partial charge in [0.05, 0.1) is 7.11 Å². The first-order chi connectivity index (χ1) is 13.1. The second-order valence-electron chi connectivity index (χ2n) is 7.15. The van der Waals surface area contributed by atoms with Crippen molar-refractivity contribution in [2.24, 2.45) is 0 Å². The van der Waals surface area contributed by atoms with E-state index in [9.17, 15) is 4.79 Å². The number of ketones is 1. The molecule has 0 atom stereocenters. The lowest BCUT2D eigenvalue weighted by Crippen LogP contribution is -2.32. The van der Waals surface area contributed by atoms with Crippen molar-refractivity contribution in [1.82, 2.24) is 9.88 Å². The molecule has 1 aliphatic rings. The molecule has 0 radical (unpaired) electrons. The number of nitrogens with zero attached hydrogens (tertiary/aromatic N) is 2. The van der Waals surface area contributed by atoms with Crippen LogP contribution in [0, 0.1) is 0 Å². The van der Waals surface area contributed by atoms with Crippen molar-refractivity contribution in [1.29, 1.82) is 0 Å². The summed E-state index contributed by atoms with van der Waals surface area (Å²) in [5, 5.41) is 0. The molecule has 140 valence electrons. The molecule has 5 nitrogen and oxygen atoms in total. The van der Waals surface area contributed by atoms with Gasteiger partial charge in [-0.15, -0.1) is 0 Å². The molecule has 2 aromatic carbocycles. The molecule has 1 aromatic heterocycles. The summed E-state index contributed by atoms with van der Waals surface area (Å²) in [6.45, 7) is 4.32. The Kier molecular flexibility index (Phi) is 4.94. The van der Waals surface area contributed by atoms with Crippen molar-refractivity contribution < 1.29 is 13.9 Å². The summed E-state index contributed by atoms with van der Waals surface area (Å²) < 4.78 is 11.4. The van der Waals surface area contributed by atoms with Crippen LogP contribution in [0.5, 0.6) is 5.75 Å². The number of fused-ring (bicyclic) bond motifs is 1. The normalized spacial score (nSPS) is 15.9. The third kappa shape index (κ3) is 3.74. The molecule has 1 saturated heterocycles. The van der Waals surface area contributed by atoms with Crippen molar-refractivity contribution in [3.63, 3.8) is 0 Å². The van der Waals surface area contributed by atoms with E-state index in [1.807, 2.05) is 42.5 Å².